The van der Waals surface area contributed by atoms with E-state index in [0.717, 1.165) is 0 Å². The predicted molar refractivity (Wildman–Crippen MR) is 36.4 cm³/mol. The monoisotopic (exact) mass is 252 g/mol. The number of hydrogen-bond acceptors (Lipinski definition) is 0. The molecule has 0 amide bonds. The molecule has 0 aliphatic heterocycles. The molecule has 0 saturated carbocycles. The Bertz CT molecular complexity index is 24.1. The average molecular weight is 253 g/mol. The number of rotatable bonds is 0. The Morgan fingerprint density at radius 2 is 1.14 bits per heavy atom. The normalized spacial score (nSPS) is 8.29. The molecule has 0 bridgehead atoms. The van der Waals surface area contributed by atoms with E-state index < -0.39 is 0 Å². The fourth-order valence-corrected chi connectivity index (χ4v) is 0. The molecule has 0 rings (SSSR count). The first-order chi connectivity index (χ1) is 3.15. The molecule has 0 heterocycles. The molecule has 50 valence electrons. The quantitative estimate of drug-likeness (QED) is 0.460. The molecule has 0 nitrogen and oxygen atoms in total. The zero-order chi connectivity index (χ0) is 6.28. The average Bonchev–Trinajstić information content (AvgIpc) is 1.33. The van der Waals surface area contributed by atoms with Gasteiger partial charge in [-0.1, -0.05) is 0 Å². The van der Waals surface area contributed by atoms with Crippen LogP contribution in [0.4, 0.5) is 0 Å². The molecule has 7 heavy (non-hydrogen) atoms. The van der Waals surface area contributed by atoms with E-state index in [2.05, 4.69) is 20.0 Å². The third-order valence-electron chi connectivity index (χ3n) is 0. The fraction of sp³-hybridized carbons (Fsp3) is 1.00. The third-order valence-corrected chi connectivity index (χ3v) is 0. The summed E-state index contributed by atoms with van der Waals surface area (Å²) in [5, 5.41) is 0. The van der Waals surface area contributed by atoms with E-state index >= 15 is 0 Å². The summed E-state index contributed by atoms with van der Waals surface area (Å²) >= 11 is -0.106. The summed E-state index contributed by atoms with van der Waals surface area (Å²) in [5.41, 5.74) is 0. The molecule has 0 unspecified atom stereocenters. The van der Waals surface area contributed by atoms with Crippen molar-refractivity contribution in [1.82, 2.24) is 0 Å². The van der Waals surface area contributed by atoms with Gasteiger partial charge in [-0.2, -0.15) is 0 Å². The van der Waals surface area contributed by atoms with Crippen LogP contribution in [0.3, 0.4) is 0 Å². The van der Waals surface area contributed by atoms with Crippen molar-refractivity contribution in [2.45, 2.75) is 0 Å². The van der Waals surface area contributed by atoms with Gasteiger partial charge in [-0.15, -0.1) is 7.92 Å². The Hall–Kier alpha value is 1.67. The zero-order valence-electron chi connectivity index (χ0n) is 4.52. The van der Waals surface area contributed by atoms with Crippen LogP contribution in [0.25, 0.3) is 0 Å². The van der Waals surface area contributed by atoms with E-state index in [1.165, 1.54) is 0 Å². The van der Waals surface area contributed by atoms with Crippen LogP contribution in [-0.2, 0) is 15.9 Å². The van der Waals surface area contributed by atoms with Gasteiger partial charge in [0.1, 0.15) is 0 Å². The van der Waals surface area contributed by atoms with E-state index in [-0.39, 0.29) is 15.9 Å². The van der Waals surface area contributed by atoms with Gasteiger partial charge in [0.15, 0.2) is 0 Å². The zero-order valence-corrected chi connectivity index (χ0v) is 8.48. The molecule has 0 fully saturated rings. The molecular weight excluding hydrogens is 244 g/mol. The Balaban J connectivity index is 0. The van der Waals surface area contributed by atoms with E-state index in [1.807, 2.05) is 0 Å². The fourth-order valence-electron chi connectivity index (χ4n) is 0. The summed E-state index contributed by atoms with van der Waals surface area (Å²) in [5.74, 6) is 0. The summed E-state index contributed by atoms with van der Waals surface area (Å²) in [6, 6.07) is 0. The van der Waals surface area contributed by atoms with Gasteiger partial charge in [-0.3, -0.25) is 0 Å². The molecule has 0 N–H and O–H groups in total. The Kier molecular flexibility index (Phi) is 17.4. The molecule has 4 heteroatoms. The molecule has 0 aliphatic rings. The Morgan fingerprint density at radius 3 is 1.14 bits per heavy atom. The minimum absolute atomic E-state index is 0.106. The van der Waals surface area contributed by atoms with Gasteiger partial charge >= 0.3 is 35.0 Å². The number of halogens is 2. The predicted octanol–water partition coefficient (Wildman–Crippen LogP) is 2.73. The van der Waals surface area contributed by atoms with Gasteiger partial charge in [-0.25, -0.2) is 0 Å². The molecule has 0 aromatic carbocycles. The molecule has 0 atom stereocenters. The SMILES string of the molecule is CP(C)C.[Cl][Pd][Cl]. The van der Waals surface area contributed by atoms with Gasteiger partial charge in [0.25, 0.3) is 0 Å². The standard InChI is InChI=1S/C3H9P.2ClH.Pd/c1-4(2)3;;;/h1-3H3;2*1H;/q;;;+2/p-2. The van der Waals surface area contributed by atoms with Crippen LogP contribution in [0, 0.1) is 0 Å². The third kappa shape index (κ3) is 88.3. The van der Waals surface area contributed by atoms with Crippen molar-refractivity contribution in [2.75, 3.05) is 20.0 Å². The van der Waals surface area contributed by atoms with E-state index in [1.54, 1.807) is 0 Å². The van der Waals surface area contributed by atoms with Crippen LogP contribution in [0.5, 0.6) is 0 Å². The Labute approximate surface area is 62.8 Å². The van der Waals surface area contributed by atoms with E-state index in [9.17, 15) is 0 Å². The topological polar surface area (TPSA) is 0 Å². The Morgan fingerprint density at radius 1 is 1.14 bits per heavy atom. The first-order valence-electron chi connectivity index (χ1n) is 1.58. The maximum atomic E-state index is 4.81. The summed E-state index contributed by atoms with van der Waals surface area (Å²) < 4.78 is 0. The molecular formula is C3H9Cl2PPd. The van der Waals surface area contributed by atoms with Crippen molar-refractivity contribution >= 4 is 27.0 Å². The number of hydrogen-bond donors (Lipinski definition) is 0. The van der Waals surface area contributed by atoms with Crippen LogP contribution in [0.1, 0.15) is 0 Å². The summed E-state index contributed by atoms with van der Waals surface area (Å²) in [7, 11) is 10.0. The van der Waals surface area contributed by atoms with Crippen LogP contribution in [0.2, 0.25) is 0 Å². The summed E-state index contributed by atoms with van der Waals surface area (Å²) in [6.45, 7) is 6.69. The first-order valence-corrected chi connectivity index (χ1v) is 8.27. The van der Waals surface area contributed by atoms with Crippen molar-refractivity contribution < 1.29 is 15.9 Å². The van der Waals surface area contributed by atoms with Crippen molar-refractivity contribution in [3.8, 4) is 0 Å². The molecule has 0 aliphatic carbocycles. The van der Waals surface area contributed by atoms with Crippen molar-refractivity contribution in [3.05, 3.63) is 0 Å². The molecule has 0 spiro atoms. The minimum atomic E-state index is -0.106. The van der Waals surface area contributed by atoms with Crippen LogP contribution >= 0.6 is 27.0 Å². The second-order valence-corrected chi connectivity index (χ2v) is 6.43. The second kappa shape index (κ2) is 10.6. The van der Waals surface area contributed by atoms with Crippen molar-refractivity contribution in [3.63, 3.8) is 0 Å². The van der Waals surface area contributed by atoms with Gasteiger partial charge in [0, 0.05) is 0 Å². The maximum absolute atomic E-state index is 4.81. The summed E-state index contributed by atoms with van der Waals surface area (Å²) in [6.07, 6.45) is 0. The first kappa shape index (κ1) is 11.5. The van der Waals surface area contributed by atoms with Crippen LogP contribution in [0.15, 0.2) is 0 Å². The summed E-state index contributed by atoms with van der Waals surface area (Å²) in [4.78, 5) is 0. The van der Waals surface area contributed by atoms with E-state index in [0.29, 0.717) is 7.92 Å². The van der Waals surface area contributed by atoms with Gasteiger partial charge in [0.2, 0.25) is 0 Å². The van der Waals surface area contributed by atoms with E-state index in [4.69, 9.17) is 19.1 Å². The molecule has 0 radical (unpaired) electrons. The van der Waals surface area contributed by atoms with Gasteiger partial charge in [0.05, 0.1) is 0 Å². The van der Waals surface area contributed by atoms with Gasteiger partial charge < -0.3 is 0 Å². The van der Waals surface area contributed by atoms with Crippen LogP contribution in [-0.4, -0.2) is 20.0 Å². The molecule has 0 aromatic rings. The van der Waals surface area contributed by atoms with Gasteiger partial charge in [-0.05, 0) is 20.0 Å². The van der Waals surface area contributed by atoms with Crippen molar-refractivity contribution in [1.29, 1.82) is 0 Å². The van der Waals surface area contributed by atoms with Crippen LogP contribution < -0.4 is 0 Å². The van der Waals surface area contributed by atoms with Crippen molar-refractivity contribution in [2.24, 2.45) is 0 Å². The second-order valence-electron chi connectivity index (χ2n) is 1.39. The molecule has 0 aromatic heterocycles. The molecule has 0 saturated heterocycles.